The average Bonchev–Trinajstić information content (AvgIpc) is 2.83. The lowest BCUT2D eigenvalue weighted by molar-refractivity contribution is 0.0528. The van der Waals surface area contributed by atoms with Crippen LogP contribution >= 0.6 is 22.9 Å². The van der Waals surface area contributed by atoms with Gasteiger partial charge in [0.2, 0.25) is 0 Å². The molecule has 2 aromatic rings. The normalized spacial score (nSPS) is 13.8. The molecule has 0 aliphatic heterocycles. The van der Waals surface area contributed by atoms with E-state index in [0.29, 0.717) is 21.2 Å². The zero-order chi connectivity index (χ0) is 14.8. The molecule has 1 amide bonds. The summed E-state index contributed by atoms with van der Waals surface area (Å²) in [4.78, 5) is 16.6. The van der Waals surface area contributed by atoms with Crippen molar-refractivity contribution >= 4 is 28.8 Å². The summed E-state index contributed by atoms with van der Waals surface area (Å²) in [5.74, 6) is -0.239. The third-order valence-electron chi connectivity index (χ3n) is 3.00. The smallest absolute Gasteiger partial charge is 0.263 e. The molecule has 0 aliphatic rings. The van der Waals surface area contributed by atoms with Crippen molar-refractivity contribution in [2.45, 2.75) is 19.4 Å². The van der Waals surface area contributed by atoms with Gasteiger partial charge in [-0.3, -0.25) is 4.79 Å². The first-order valence-corrected chi connectivity index (χ1v) is 7.33. The molecule has 4 nitrogen and oxygen atoms in total. The first kappa shape index (κ1) is 15.0. The third kappa shape index (κ3) is 3.17. The molecule has 0 spiro atoms. The van der Waals surface area contributed by atoms with E-state index in [-0.39, 0.29) is 12.5 Å². The van der Waals surface area contributed by atoms with Gasteiger partial charge in [0.15, 0.2) is 0 Å². The number of aryl methyl sites for hydroxylation is 1. The fourth-order valence-electron chi connectivity index (χ4n) is 1.85. The standard InChI is InChI=1S/C14H15ClN2O2S/c1-9-12(20-8-17-9)13(18)16-7-14(2,19)10-5-3-4-6-11(10)15/h3-6,8,19H,7H2,1-2H3,(H,16,18)/t14-/m1/s1. The van der Waals surface area contributed by atoms with E-state index in [1.807, 2.05) is 0 Å². The summed E-state index contributed by atoms with van der Waals surface area (Å²) < 4.78 is 0. The van der Waals surface area contributed by atoms with Gasteiger partial charge in [0, 0.05) is 10.6 Å². The second-order valence-corrected chi connectivity index (χ2v) is 5.97. The van der Waals surface area contributed by atoms with Crippen molar-refractivity contribution in [2.24, 2.45) is 0 Å². The van der Waals surface area contributed by atoms with Crippen LogP contribution in [0.15, 0.2) is 29.8 Å². The molecule has 20 heavy (non-hydrogen) atoms. The zero-order valence-electron chi connectivity index (χ0n) is 11.2. The fraction of sp³-hybridized carbons (Fsp3) is 0.286. The van der Waals surface area contributed by atoms with Gasteiger partial charge in [-0.1, -0.05) is 29.8 Å². The number of aromatic nitrogens is 1. The number of carbonyl (C=O) groups is 1. The van der Waals surface area contributed by atoms with Crippen molar-refractivity contribution in [2.75, 3.05) is 6.54 Å². The highest BCUT2D eigenvalue weighted by Crippen LogP contribution is 2.27. The van der Waals surface area contributed by atoms with Crippen molar-refractivity contribution in [3.05, 3.63) is 50.9 Å². The Kier molecular flexibility index (Phi) is 4.42. The van der Waals surface area contributed by atoms with E-state index >= 15 is 0 Å². The highest BCUT2D eigenvalue weighted by Gasteiger charge is 2.26. The summed E-state index contributed by atoms with van der Waals surface area (Å²) in [7, 11) is 0. The Balaban J connectivity index is 2.08. The molecule has 1 atom stereocenters. The molecule has 0 bridgehead atoms. The van der Waals surface area contributed by atoms with E-state index in [4.69, 9.17) is 11.6 Å². The van der Waals surface area contributed by atoms with E-state index in [1.165, 1.54) is 11.3 Å². The molecule has 106 valence electrons. The molecule has 1 aromatic heterocycles. The number of amides is 1. The quantitative estimate of drug-likeness (QED) is 0.912. The van der Waals surface area contributed by atoms with Gasteiger partial charge >= 0.3 is 0 Å². The summed E-state index contributed by atoms with van der Waals surface area (Å²) in [5.41, 5.74) is 1.66. The molecular formula is C14H15ClN2O2S. The maximum Gasteiger partial charge on any atom is 0.263 e. The Morgan fingerprint density at radius 3 is 2.80 bits per heavy atom. The van der Waals surface area contributed by atoms with Crippen LogP contribution in [0, 0.1) is 6.92 Å². The number of hydrogen-bond acceptors (Lipinski definition) is 4. The minimum atomic E-state index is -1.23. The Morgan fingerprint density at radius 1 is 1.50 bits per heavy atom. The predicted octanol–water partition coefficient (Wildman–Crippen LogP) is 2.74. The molecule has 0 saturated heterocycles. The van der Waals surface area contributed by atoms with Gasteiger partial charge in [-0.2, -0.15) is 0 Å². The van der Waals surface area contributed by atoms with Gasteiger partial charge < -0.3 is 10.4 Å². The molecule has 6 heteroatoms. The highest BCUT2D eigenvalue weighted by atomic mass is 35.5. The SMILES string of the molecule is Cc1ncsc1C(=O)NC[C@@](C)(O)c1ccccc1Cl. The summed E-state index contributed by atoms with van der Waals surface area (Å²) in [6.45, 7) is 3.47. The molecule has 0 fully saturated rings. The Hall–Kier alpha value is -1.43. The average molecular weight is 311 g/mol. The van der Waals surface area contributed by atoms with Crippen LogP contribution in [-0.2, 0) is 5.60 Å². The van der Waals surface area contributed by atoms with Crippen molar-refractivity contribution < 1.29 is 9.90 Å². The number of hydrogen-bond donors (Lipinski definition) is 2. The Morgan fingerprint density at radius 2 is 2.20 bits per heavy atom. The first-order chi connectivity index (χ1) is 9.42. The van der Waals surface area contributed by atoms with Crippen LogP contribution in [0.25, 0.3) is 0 Å². The molecule has 0 saturated carbocycles. The molecule has 2 N–H and O–H groups in total. The molecule has 2 rings (SSSR count). The largest absolute Gasteiger partial charge is 0.384 e. The van der Waals surface area contributed by atoms with Crippen LogP contribution in [0.1, 0.15) is 27.9 Å². The monoisotopic (exact) mass is 310 g/mol. The van der Waals surface area contributed by atoms with Gasteiger partial charge in [-0.25, -0.2) is 4.98 Å². The van der Waals surface area contributed by atoms with Gasteiger partial charge in [0.05, 0.1) is 17.7 Å². The van der Waals surface area contributed by atoms with Crippen molar-refractivity contribution in [3.8, 4) is 0 Å². The second kappa shape index (κ2) is 5.91. The molecule has 0 unspecified atom stereocenters. The van der Waals surface area contributed by atoms with Gasteiger partial charge in [0.25, 0.3) is 5.91 Å². The number of benzene rings is 1. The first-order valence-electron chi connectivity index (χ1n) is 6.07. The van der Waals surface area contributed by atoms with Crippen LogP contribution in [0.3, 0.4) is 0 Å². The lowest BCUT2D eigenvalue weighted by atomic mass is 9.96. The number of aliphatic hydroxyl groups is 1. The van der Waals surface area contributed by atoms with E-state index < -0.39 is 5.60 Å². The highest BCUT2D eigenvalue weighted by molar-refractivity contribution is 7.11. The molecule has 0 radical (unpaired) electrons. The number of rotatable bonds is 4. The number of halogens is 1. The van der Waals surface area contributed by atoms with E-state index in [9.17, 15) is 9.90 Å². The third-order valence-corrected chi connectivity index (χ3v) is 4.26. The Bertz CT molecular complexity index is 625. The van der Waals surface area contributed by atoms with Gasteiger partial charge in [0.1, 0.15) is 10.5 Å². The van der Waals surface area contributed by atoms with Crippen molar-refractivity contribution in [1.82, 2.24) is 10.3 Å². The predicted molar refractivity (Wildman–Crippen MR) is 80.2 cm³/mol. The van der Waals surface area contributed by atoms with Crippen LogP contribution in [0.5, 0.6) is 0 Å². The fourth-order valence-corrected chi connectivity index (χ4v) is 2.90. The van der Waals surface area contributed by atoms with E-state index in [1.54, 1.807) is 43.6 Å². The van der Waals surface area contributed by atoms with Crippen LogP contribution in [-0.4, -0.2) is 22.5 Å². The minimum absolute atomic E-state index is 0.0763. The van der Waals surface area contributed by atoms with Gasteiger partial charge in [-0.05, 0) is 19.9 Å². The van der Waals surface area contributed by atoms with Crippen molar-refractivity contribution in [3.63, 3.8) is 0 Å². The van der Waals surface area contributed by atoms with Crippen LogP contribution < -0.4 is 5.32 Å². The summed E-state index contributed by atoms with van der Waals surface area (Å²) >= 11 is 7.34. The maximum absolute atomic E-state index is 12.0. The lowest BCUT2D eigenvalue weighted by Crippen LogP contribution is -2.38. The van der Waals surface area contributed by atoms with E-state index in [2.05, 4.69) is 10.3 Å². The van der Waals surface area contributed by atoms with E-state index in [0.717, 1.165) is 0 Å². The van der Waals surface area contributed by atoms with Crippen molar-refractivity contribution in [1.29, 1.82) is 0 Å². The zero-order valence-corrected chi connectivity index (χ0v) is 12.8. The number of thiazole rings is 1. The molecule has 1 aromatic carbocycles. The number of carbonyl (C=O) groups excluding carboxylic acids is 1. The van der Waals surface area contributed by atoms with Gasteiger partial charge in [-0.15, -0.1) is 11.3 Å². The Labute approximate surface area is 126 Å². The number of nitrogens with one attached hydrogen (secondary N) is 1. The minimum Gasteiger partial charge on any atom is -0.384 e. The topological polar surface area (TPSA) is 62.2 Å². The second-order valence-electron chi connectivity index (χ2n) is 4.70. The summed E-state index contributed by atoms with van der Waals surface area (Å²) in [6.07, 6.45) is 0. The molecular weight excluding hydrogens is 296 g/mol. The molecule has 1 heterocycles. The van der Waals surface area contributed by atoms with Crippen LogP contribution in [0.4, 0.5) is 0 Å². The van der Waals surface area contributed by atoms with Crippen LogP contribution in [0.2, 0.25) is 5.02 Å². The maximum atomic E-state index is 12.0. The summed E-state index contributed by atoms with van der Waals surface area (Å²) in [6, 6.07) is 7.04. The lowest BCUT2D eigenvalue weighted by Gasteiger charge is -2.25. The number of nitrogens with zero attached hydrogens (tertiary/aromatic N) is 1. The molecule has 0 aliphatic carbocycles. The summed E-state index contributed by atoms with van der Waals surface area (Å²) in [5, 5.41) is 13.7.